The summed E-state index contributed by atoms with van der Waals surface area (Å²) in [6.07, 6.45) is 1.93. The predicted octanol–water partition coefficient (Wildman–Crippen LogP) is 3.71. The van der Waals surface area contributed by atoms with Crippen LogP contribution in [0.3, 0.4) is 0 Å². The normalized spacial score (nSPS) is 22.6. The minimum Gasteiger partial charge on any atom is -0.354 e. The Bertz CT molecular complexity index is 577. The number of anilines is 1. The summed E-state index contributed by atoms with van der Waals surface area (Å²) in [5.74, 6) is 0.150. The number of allylic oxidation sites excluding steroid dienone is 3. The lowest BCUT2D eigenvalue weighted by Crippen LogP contribution is -2.25. The van der Waals surface area contributed by atoms with Crippen molar-refractivity contribution in [3.05, 3.63) is 46.5 Å². The van der Waals surface area contributed by atoms with Crippen LogP contribution in [0.2, 0.25) is 0 Å². The van der Waals surface area contributed by atoms with Gasteiger partial charge in [0.25, 0.3) is 0 Å². The van der Waals surface area contributed by atoms with Crippen molar-refractivity contribution in [3.63, 3.8) is 0 Å². The number of fused-ring (bicyclic) bond motifs is 1. The van der Waals surface area contributed by atoms with Gasteiger partial charge >= 0.3 is 0 Å². The molecule has 1 unspecified atom stereocenters. The molecule has 2 nitrogen and oxygen atoms in total. The second kappa shape index (κ2) is 4.03. The summed E-state index contributed by atoms with van der Waals surface area (Å²) < 4.78 is 0. The molecule has 0 bridgehead atoms. The van der Waals surface area contributed by atoms with Crippen LogP contribution in [0.4, 0.5) is 5.69 Å². The Balaban J connectivity index is 2.08. The Kier molecular flexibility index (Phi) is 2.64. The molecule has 0 radical (unpaired) electrons. The lowest BCUT2D eigenvalue weighted by Gasteiger charge is -2.28. The summed E-state index contributed by atoms with van der Waals surface area (Å²) in [5.41, 5.74) is 2.93. The summed E-state index contributed by atoms with van der Waals surface area (Å²) in [4.78, 5) is 13.9. The number of rotatable bonds is 0. The van der Waals surface area contributed by atoms with Gasteiger partial charge in [-0.1, -0.05) is 39.8 Å². The average molecular weight is 308 g/mol. The molecule has 1 aliphatic carbocycles. The molecule has 0 aromatic heterocycles. The summed E-state index contributed by atoms with van der Waals surface area (Å²) in [5, 5.41) is 3.38. The molecule has 1 aliphatic heterocycles. The zero-order chi connectivity index (χ0) is 12.0. The van der Waals surface area contributed by atoms with Gasteiger partial charge in [-0.25, -0.2) is 0 Å². The first-order valence-corrected chi connectivity index (χ1v) is 7.04. The van der Waals surface area contributed by atoms with E-state index in [1.54, 1.807) is 11.8 Å². The highest BCUT2D eigenvalue weighted by molar-refractivity contribution is 9.10. The molecule has 2 aliphatic rings. The third-order valence-corrected chi connectivity index (χ3v) is 5.28. The van der Waals surface area contributed by atoms with Crippen molar-refractivity contribution in [2.24, 2.45) is 0 Å². The van der Waals surface area contributed by atoms with Crippen molar-refractivity contribution in [1.82, 2.24) is 0 Å². The van der Waals surface area contributed by atoms with E-state index in [2.05, 4.69) is 33.4 Å². The van der Waals surface area contributed by atoms with E-state index in [1.807, 2.05) is 25.1 Å². The van der Waals surface area contributed by atoms with E-state index in [4.69, 9.17) is 0 Å². The summed E-state index contributed by atoms with van der Waals surface area (Å²) in [6, 6.07) is 8.13. The molecular formula is C13H10BrNOS. The van der Waals surface area contributed by atoms with E-state index in [9.17, 15) is 4.79 Å². The van der Waals surface area contributed by atoms with E-state index in [0.717, 1.165) is 26.8 Å². The van der Waals surface area contributed by atoms with Gasteiger partial charge in [0.1, 0.15) is 4.83 Å². The maximum Gasteiger partial charge on any atom is 0.177 e. The van der Waals surface area contributed by atoms with Gasteiger partial charge in [-0.2, -0.15) is 0 Å². The van der Waals surface area contributed by atoms with Crippen molar-refractivity contribution in [1.29, 1.82) is 0 Å². The minimum absolute atomic E-state index is 0.150. The van der Waals surface area contributed by atoms with Crippen LogP contribution in [0, 0.1) is 0 Å². The number of benzene rings is 1. The zero-order valence-electron chi connectivity index (χ0n) is 9.16. The van der Waals surface area contributed by atoms with Crippen molar-refractivity contribution < 1.29 is 4.79 Å². The molecule has 4 heteroatoms. The molecule has 0 fully saturated rings. The standard InChI is InChI=1S/C13H10BrNOS/c1-7-6-9-13(11(14)12(7)16)17-10-5-3-2-4-8(10)15-9/h2-6,11,15H,1H3. The maximum absolute atomic E-state index is 11.9. The number of hydrogen-bond donors (Lipinski definition) is 1. The predicted molar refractivity (Wildman–Crippen MR) is 74.4 cm³/mol. The number of alkyl halides is 1. The first-order valence-electron chi connectivity index (χ1n) is 5.31. The van der Waals surface area contributed by atoms with Crippen LogP contribution < -0.4 is 5.32 Å². The Morgan fingerprint density at radius 1 is 1.35 bits per heavy atom. The molecule has 1 heterocycles. The molecule has 1 aromatic carbocycles. The highest BCUT2D eigenvalue weighted by atomic mass is 79.9. The monoisotopic (exact) mass is 307 g/mol. The second-order valence-corrected chi connectivity index (χ2v) is 6.05. The second-order valence-electron chi connectivity index (χ2n) is 4.06. The largest absolute Gasteiger partial charge is 0.354 e. The summed E-state index contributed by atoms with van der Waals surface area (Å²) in [7, 11) is 0. The number of carbonyl (C=O) groups is 1. The fraction of sp³-hybridized carbons (Fsp3) is 0.154. The van der Waals surface area contributed by atoms with Crippen molar-refractivity contribution in [2.75, 3.05) is 5.32 Å². The molecule has 0 saturated heterocycles. The smallest absolute Gasteiger partial charge is 0.177 e. The molecule has 0 amide bonds. The van der Waals surface area contributed by atoms with Gasteiger partial charge in [0, 0.05) is 9.80 Å². The molecular weight excluding hydrogens is 298 g/mol. The van der Waals surface area contributed by atoms with Crippen LogP contribution in [-0.2, 0) is 4.79 Å². The molecule has 3 rings (SSSR count). The summed E-state index contributed by atoms with van der Waals surface area (Å²) >= 11 is 5.14. The fourth-order valence-electron chi connectivity index (χ4n) is 1.94. The van der Waals surface area contributed by atoms with Gasteiger partial charge in [0.05, 0.1) is 11.4 Å². The highest BCUT2D eigenvalue weighted by Gasteiger charge is 2.31. The van der Waals surface area contributed by atoms with Gasteiger partial charge in [-0.15, -0.1) is 0 Å². The molecule has 1 atom stereocenters. The lowest BCUT2D eigenvalue weighted by molar-refractivity contribution is -0.114. The Hall–Kier alpha value is -1.00. The summed E-state index contributed by atoms with van der Waals surface area (Å²) in [6.45, 7) is 1.85. The first kappa shape index (κ1) is 11.1. The van der Waals surface area contributed by atoms with Crippen LogP contribution in [-0.4, -0.2) is 10.6 Å². The van der Waals surface area contributed by atoms with Gasteiger partial charge in [-0.05, 0) is 30.7 Å². The van der Waals surface area contributed by atoms with Crippen LogP contribution in [0.15, 0.2) is 51.4 Å². The third kappa shape index (κ3) is 1.76. The number of ketones is 1. The minimum atomic E-state index is -0.214. The van der Waals surface area contributed by atoms with E-state index in [1.165, 1.54) is 0 Å². The number of para-hydroxylation sites is 1. The van der Waals surface area contributed by atoms with Gasteiger partial charge in [0.15, 0.2) is 5.78 Å². The molecule has 1 aromatic rings. The number of hydrogen-bond acceptors (Lipinski definition) is 3. The lowest BCUT2D eigenvalue weighted by atomic mass is 10.0. The quantitative estimate of drug-likeness (QED) is 0.741. The van der Waals surface area contributed by atoms with Crippen molar-refractivity contribution >= 4 is 39.2 Å². The number of Topliss-reactive ketones (excluding diaryl/α,β-unsaturated/α-hetero) is 1. The number of halogens is 1. The van der Waals surface area contributed by atoms with Crippen LogP contribution >= 0.6 is 27.7 Å². The molecule has 17 heavy (non-hydrogen) atoms. The highest BCUT2D eigenvalue weighted by Crippen LogP contribution is 2.45. The Morgan fingerprint density at radius 3 is 2.94 bits per heavy atom. The third-order valence-electron chi connectivity index (χ3n) is 2.85. The zero-order valence-corrected chi connectivity index (χ0v) is 11.6. The number of carbonyl (C=O) groups excluding carboxylic acids is 1. The van der Waals surface area contributed by atoms with Crippen LogP contribution in [0.5, 0.6) is 0 Å². The van der Waals surface area contributed by atoms with E-state index in [-0.39, 0.29) is 10.6 Å². The van der Waals surface area contributed by atoms with E-state index < -0.39 is 0 Å². The Morgan fingerprint density at radius 2 is 2.12 bits per heavy atom. The van der Waals surface area contributed by atoms with Crippen LogP contribution in [0.1, 0.15) is 6.92 Å². The van der Waals surface area contributed by atoms with Crippen molar-refractivity contribution in [3.8, 4) is 0 Å². The topological polar surface area (TPSA) is 29.1 Å². The molecule has 86 valence electrons. The number of thioether (sulfide) groups is 1. The number of nitrogens with one attached hydrogen (secondary N) is 1. The van der Waals surface area contributed by atoms with Gasteiger partial charge in [-0.3, -0.25) is 4.79 Å². The van der Waals surface area contributed by atoms with Crippen LogP contribution in [0.25, 0.3) is 0 Å². The molecule has 1 N–H and O–H groups in total. The van der Waals surface area contributed by atoms with Gasteiger partial charge < -0.3 is 5.32 Å². The van der Waals surface area contributed by atoms with Gasteiger partial charge in [0.2, 0.25) is 0 Å². The SMILES string of the molecule is CC1=CC2=C(Sc3ccccc3N2)C(Br)C1=O. The average Bonchev–Trinajstić information content (AvgIpc) is 2.34. The van der Waals surface area contributed by atoms with E-state index in [0.29, 0.717) is 0 Å². The Labute approximate surface area is 112 Å². The maximum atomic E-state index is 11.9. The van der Waals surface area contributed by atoms with Crippen molar-refractivity contribution in [2.45, 2.75) is 16.6 Å². The fourth-order valence-corrected chi connectivity index (χ4v) is 3.87. The first-order chi connectivity index (χ1) is 8.16. The molecule has 0 spiro atoms. The molecule has 0 saturated carbocycles. The van der Waals surface area contributed by atoms with E-state index >= 15 is 0 Å².